The number of benzene rings is 1. The number of alkyl carbamates (subject to hydrolysis) is 1. The molecule has 3 atom stereocenters. The molecule has 1 aromatic rings. The smallest absolute Gasteiger partial charge is 0.406 e. The lowest BCUT2D eigenvalue weighted by atomic mass is 9.94. The monoisotopic (exact) mass is 348 g/mol. The Bertz CT molecular complexity index is 693. The molecular weight excluding hydrogens is 323 g/mol. The van der Waals surface area contributed by atoms with Gasteiger partial charge in [-0.15, -0.1) is 0 Å². The first-order valence-electron chi connectivity index (χ1n) is 8.78. The number of carbonyl (C=O) groups is 2. The van der Waals surface area contributed by atoms with E-state index < -0.39 is 6.09 Å². The Morgan fingerprint density at radius 2 is 2.24 bits per heavy atom. The van der Waals surface area contributed by atoms with Gasteiger partial charge in [0.15, 0.2) is 0 Å². The van der Waals surface area contributed by atoms with Crippen LogP contribution in [0, 0.1) is 24.6 Å². The fraction of sp³-hybridized carbons (Fsp3) is 0.579. The summed E-state index contributed by atoms with van der Waals surface area (Å²) in [4.78, 5) is 25.9. The summed E-state index contributed by atoms with van der Waals surface area (Å²) in [6.07, 6.45) is 1.13. The van der Waals surface area contributed by atoms with E-state index in [4.69, 9.17) is 0 Å². The number of piperidine rings is 1. The van der Waals surface area contributed by atoms with Crippen molar-refractivity contribution in [3.8, 4) is 0 Å². The number of halogens is 1. The van der Waals surface area contributed by atoms with E-state index in [0.717, 1.165) is 12.0 Å². The molecule has 2 aliphatic rings. The van der Waals surface area contributed by atoms with Crippen LogP contribution in [0.3, 0.4) is 0 Å². The summed E-state index contributed by atoms with van der Waals surface area (Å²) in [5.74, 6) is 0.0158. The molecule has 136 valence electrons. The number of carbonyl (C=O) groups excluding carboxylic acids is 2. The minimum atomic E-state index is -0.526. The highest BCUT2D eigenvalue weighted by Gasteiger charge is 2.61. The normalized spacial score (nSPS) is 25.3. The highest BCUT2D eigenvalue weighted by molar-refractivity contribution is 5.80. The fourth-order valence-corrected chi connectivity index (χ4v) is 3.94. The standard InChI is InChI=1S/C19H25FN2O3/c1-4-13(9-21-18(24)25-3)17(23)22-10-15-8-19(15,11-22)14-6-5-12(2)16(20)7-14/h5-7,13,15H,4,8-11H2,1-3H3,(H,21,24)/t13-,15?,19?/m1/s1. The number of amides is 2. The number of aryl methyl sites for hydroxylation is 1. The number of nitrogens with one attached hydrogen (secondary N) is 1. The molecular formula is C19H25FN2O3. The van der Waals surface area contributed by atoms with Crippen molar-refractivity contribution in [2.75, 3.05) is 26.7 Å². The molecule has 1 saturated heterocycles. The second-order valence-electron chi connectivity index (χ2n) is 7.22. The van der Waals surface area contributed by atoms with Crippen LogP contribution >= 0.6 is 0 Å². The van der Waals surface area contributed by atoms with Gasteiger partial charge in [0.1, 0.15) is 5.82 Å². The predicted octanol–water partition coefficient (Wildman–Crippen LogP) is 2.62. The Labute approximate surface area is 147 Å². The first-order valence-corrected chi connectivity index (χ1v) is 8.78. The average molecular weight is 348 g/mol. The zero-order valence-corrected chi connectivity index (χ0v) is 15.0. The Balaban J connectivity index is 1.67. The lowest BCUT2D eigenvalue weighted by Gasteiger charge is -2.26. The fourth-order valence-electron chi connectivity index (χ4n) is 3.94. The zero-order chi connectivity index (χ0) is 18.2. The molecule has 3 rings (SSSR count). The SMILES string of the molecule is CC[C@H](CNC(=O)OC)C(=O)N1CC2CC2(c2ccc(C)c(F)c2)C1. The van der Waals surface area contributed by atoms with E-state index in [0.29, 0.717) is 31.0 Å². The number of ether oxygens (including phenoxy) is 1. The van der Waals surface area contributed by atoms with E-state index in [2.05, 4.69) is 10.1 Å². The van der Waals surface area contributed by atoms with Crippen LogP contribution in [0.1, 0.15) is 30.9 Å². The Kier molecular flexibility index (Phi) is 4.71. The van der Waals surface area contributed by atoms with Gasteiger partial charge < -0.3 is 15.0 Å². The number of hydrogen-bond donors (Lipinski definition) is 1. The van der Waals surface area contributed by atoms with Crippen molar-refractivity contribution in [1.82, 2.24) is 10.2 Å². The van der Waals surface area contributed by atoms with E-state index >= 15 is 0 Å². The molecule has 0 radical (unpaired) electrons. The summed E-state index contributed by atoms with van der Waals surface area (Å²) in [5, 5.41) is 2.61. The topological polar surface area (TPSA) is 58.6 Å². The third kappa shape index (κ3) is 3.22. The van der Waals surface area contributed by atoms with Gasteiger partial charge >= 0.3 is 6.09 Å². The van der Waals surface area contributed by atoms with Crippen molar-refractivity contribution in [2.24, 2.45) is 11.8 Å². The molecule has 1 aromatic carbocycles. The number of rotatable bonds is 5. The molecule has 25 heavy (non-hydrogen) atoms. The van der Waals surface area contributed by atoms with Crippen LogP contribution in [0.15, 0.2) is 18.2 Å². The summed E-state index contributed by atoms with van der Waals surface area (Å²) < 4.78 is 18.5. The van der Waals surface area contributed by atoms with Gasteiger partial charge in [0.25, 0.3) is 0 Å². The summed E-state index contributed by atoms with van der Waals surface area (Å²) in [6.45, 7) is 5.31. The molecule has 1 aliphatic carbocycles. The maximum Gasteiger partial charge on any atom is 0.406 e. The molecule has 0 bridgehead atoms. The average Bonchev–Trinajstić information content (AvgIpc) is 3.18. The van der Waals surface area contributed by atoms with E-state index in [1.807, 2.05) is 24.0 Å². The maximum absolute atomic E-state index is 13.9. The van der Waals surface area contributed by atoms with E-state index in [1.54, 1.807) is 13.0 Å². The Hall–Kier alpha value is -2.11. The van der Waals surface area contributed by atoms with E-state index in [1.165, 1.54) is 7.11 Å². The van der Waals surface area contributed by atoms with Gasteiger partial charge in [-0.1, -0.05) is 19.1 Å². The summed E-state index contributed by atoms with van der Waals surface area (Å²) >= 11 is 0. The van der Waals surface area contributed by atoms with Crippen LogP contribution < -0.4 is 5.32 Å². The number of hydrogen-bond acceptors (Lipinski definition) is 3. The van der Waals surface area contributed by atoms with Crippen molar-refractivity contribution < 1.29 is 18.7 Å². The number of methoxy groups -OCH3 is 1. The molecule has 5 nitrogen and oxygen atoms in total. The van der Waals surface area contributed by atoms with Crippen LogP contribution in [0.25, 0.3) is 0 Å². The number of fused-ring (bicyclic) bond motifs is 1. The summed E-state index contributed by atoms with van der Waals surface area (Å²) in [7, 11) is 1.30. The molecule has 0 aromatic heterocycles. The molecule has 1 N–H and O–H groups in total. The summed E-state index contributed by atoms with van der Waals surface area (Å²) in [5.41, 5.74) is 1.55. The van der Waals surface area contributed by atoms with Gasteiger partial charge in [-0.25, -0.2) is 9.18 Å². The Morgan fingerprint density at radius 1 is 1.48 bits per heavy atom. The van der Waals surface area contributed by atoms with Crippen LogP contribution in [-0.2, 0) is 14.9 Å². The van der Waals surface area contributed by atoms with Crippen LogP contribution in [0.5, 0.6) is 0 Å². The zero-order valence-electron chi connectivity index (χ0n) is 15.0. The number of likely N-dealkylation sites (tertiary alicyclic amines) is 1. The van der Waals surface area contributed by atoms with Crippen molar-refractivity contribution in [1.29, 1.82) is 0 Å². The summed E-state index contributed by atoms with van der Waals surface area (Å²) in [6, 6.07) is 5.43. The second-order valence-corrected chi connectivity index (χ2v) is 7.22. The molecule has 2 amide bonds. The van der Waals surface area contributed by atoms with Crippen LogP contribution in [0.4, 0.5) is 9.18 Å². The lowest BCUT2D eigenvalue weighted by molar-refractivity contribution is -0.135. The Morgan fingerprint density at radius 3 is 2.88 bits per heavy atom. The molecule has 2 unspecified atom stereocenters. The molecule has 1 heterocycles. The van der Waals surface area contributed by atoms with E-state index in [9.17, 15) is 14.0 Å². The lowest BCUT2D eigenvalue weighted by Crippen LogP contribution is -2.42. The van der Waals surface area contributed by atoms with Gasteiger partial charge in [0.2, 0.25) is 5.91 Å². The molecule has 0 spiro atoms. The molecule has 6 heteroatoms. The van der Waals surface area contributed by atoms with Crippen molar-refractivity contribution in [2.45, 2.75) is 32.1 Å². The number of nitrogens with zero attached hydrogens (tertiary/aromatic N) is 1. The van der Waals surface area contributed by atoms with Gasteiger partial charge in [0.05, 0.1) is 13.0 Å². The van der Waals surface area contributed by atoms with Gasteiger partial charge in [-0.3, -0.25) is 4.79 Å². The highest BCUT2D eigenvalue weighted by Crippen LogP contribution is 2.59. The quantitative estimate of drug-likeness (QED) is 0.890. The molecule has 1 aliphatic heterocycles. The van der Waals surface area contributed by atoms with Crippen LogP contribution in [-0.4, -0.2) is 43.6 Å². The van der Waals surface area contributed by atoms with Crippen molar-refractivity contribution in [3.05, 3.63) is 35.1 Å². The molecule has 1 saturated carbocycles. The third-order valence-corrected chi connectivity index (χ3v) is 5.72. The minimum Gasteiger partial charge on any atom is -0.453 e. The molecule has 2 fully saturated rings. The predicted molar refractivity (Wildman–Crippen MR) is 91.7 cm³/mol. The first kappa shape index (κ1) is 17.7. The van der Waals surface area contributed by atoms with Crippen molar-refractivity contribution in [3.63, 3.8) is 0 Å². The van der Waals surface area contributed by atoms with Gasteiger partial charge in [-0.05, 0) is 42.9 Å². The first-order chi connectivity index (χ1) is 11.9. The maximum atomic E-state index is 13.9. The van der Waals surface area contributed by atoms with E-state index in [-0.39, 0.29) is 29.6 Å². The minimum absolute atomic E-state index is 0.0538. The second kappa shape index (κ2) is 6.65. The van der Waals surface area contributed by atoms with Gasteiger partial charge in [-0.2, -0.15) is 0 Å². The van der Waals surface area contributed by atoms with Crippen molar-refractivity contribution >= 4 is 12.0 Å². The highest BCUT2D eigenvalue weighted by atomic mass is 19.1. The van der Waals surface area contributed by atoms with Gasteiger partial charge in [0, 0.05) is 25.0 Å². The largest absolute Gasteiger partial charge is 0.453 e. The third-order valence-electron chi connectivity index (χ3n) is 5.72. The van der Waals surface area contributed by atoms with Crippen LogP contribution in [0.2, 0.25) is 0 Å².